The quantitative estimate of drug-likeness (QED) is 0.112. The van der Waals surface area contributed by atoms with Crippen LogP contribution >= 0.6 is 0 Å². The molecule has 0 spiro atoms. The molecular weight excluding hydrogens is 1080 g/mol. The molecule has 5 nitrogen and oxygen atoms in total. The van der Waals surface area contributed by atoms with E-state index in [1.807, 2.05) is 54.6 Å². The summed E-state index contributed by atoms with van der Waals surface area (Å²) in [5.74, 6) is 1.33. The van der Waals surface area contributed by atoms with Crippen LogP contribution in [0, 0.1) is 6.33 Å². The molecule has 14 aromatic rings. The zero-order chi connectivity index (χ0) is 87.8. The highest BCUT2D eigenvalue weighted by atomic mass is 16.5. The maximum absolute atomic E-state index is 10.7. The molecule has 0 saturated heterocycles. The summed E-state index contributed by atoms with van der Waals surface area (Å²) in [5.41, 5.74) is -13.0. The molecule has 0 bridgehead atoms. The van der Waals surface area contributed by atoms with E-state index >= 15 is 0 Å². The Labute approximate surface area is 566 Å². The van der Waals surface area contributed by atoms with Crippen molar-refractivity contribution in [1.82, 2.24) is 14.1 Å². The van der Waals surface area contributed by atoms with Crippen LogP contribution in [-0.2, 0) is 16.2 Å². The fourth-order valence-corrected chi connectivity index (χ4v) is 12.2. The highest BCUT2D eigenvalue weighted by Gasteiger charge is 2.38. The summed E-state index contributed by atoms with van der Waals surface area (Å²) in [6.45, 7) is -11.3. The number of fused-ring (bicyclic) bond motifs is 11. The molecule has 3 aromatic heterocycles. The first-order chi connectivity index (χ1) is 56.5. The highest BCUT2D eigenvalue weighted by Crippen LogP contribution is 2.50. The van der Waals surface area contributed by atoms with Gasteiger partial charge >= 0.3 is 0 Å². The third kappa shape index (κ3) is 9.21. The number of aromatic nitrogens is 4. The minimum Gasteiger partial charge on any atom is -0.458 e. The van der Waals surface area contributed by atoms with Crippen LogP contribution in [0.5, 0.6) is 11.5 Å². The number of rotatable bonds is 8. The molecule has 11 aromatic carbocycles. The first-order valence-electron chi connectivity index (χ1n) is 44.5. The maximum Gasteiger partial charge on any atom is 0.269 e. The topological polar surface area (TPSA) is 35.9 Å². The van der Waals surface area contributed by atoms with Gasteiger partial charge in [0.2, 0.25) is 0 Å². The van der Waals surface area contributed by atoms with Crippen LogP contribution < -0.4 is 9.30 Å². The maximum atomic E-state index is 10.7. The fourth-order valence-electron chi connectivity index (χ4n) is 12.2. The molecule has 0 saturated carbocycles. The molecule has 5 heteroatoms. The van der Waals surface area contributed by atoms with Gasteiger partial charge in [0.25, 0.3) is 6.33 Å². The van der Waals surface area contributed by atoms with Gasteiger partial charge in [-0.1, -0.05) is 224 Å². The van der Waals surface area contributed by atoms with Crippen LogP contribution in [0.3, 0.4) is 0 Å². The van der Waals surface area contributed by atoms with E-state index in [0.29, 0.717) is 39.5 Å². The number of hydrogen-bond donors (Lipinski definition) is 0. The van der Waals surface area contributed by atoms with Crippen molar-refractivity contribution in [2.45, 2.75) is 77.2 Å². The average Bonchev–Trinajstić information content (AvgIpc) is 0.968. The normalized spacial score (nSPS) is 20.8. The third-order valence-corrected chi connectivity index (χ3v) is 16.4. The molecule has 430 valence electrons. The number of benzene rings is 11. The SMILES string of the molecule is [2H]c1c([2H])c([2H])c(-c2c([2H])c(-c3ccc4c(c3)-c3cccc(-c5c([2H])c([2H])c6c(c5[2H])C(C([2H])([2H])[2H])(C([2H])([2H])[2H])C([2H])([2H])C([2H])([2H])C6(C([2H])([2H])[2H])C([2H])([2H])[2H])c3-[n+]3[c-]n(-c5cccc(Oc6ccc7c8ccccc8n(-c8cc(C(C)(C)C)ccn8)c7c6)c5)c5cccc(c53)-c3ccccc3-4)c([2H])c(-c3c([2H])c([2H])c([2H])c([2H])c3[2H])c2[2H])c([2H])c1[2H]. The van der Waals surface area contributed by atoms with Crippen LogP contribution in [0.15, 0.2) is 261 Å². The predicted octanol–water partition coefficient (Wildman–Crippen LogP) is 21.6. The van der Waals surface area contributed by atoms with Crippen LogP contribution in [0.2, 0.25) is 0 Å². The number of pyridine rings is 1. The van der Waals surface area contributed by atoms with Crippen LogP contribution in [0.4, 0.5) is 0 Å². The molecule has 0 unspecified atom stereocenters. The molecule has 1 aliphatic carbocycles. The number of ether oxygens (including phenoxy) is 1. The lowest BCUT2D eigenvalue weighted by Crippen LogP contribution is -2.34. The Morgan fingerprint density at radius 3 is 1.87 bits per heavy atom. The van der Waals surface area contributed by atoms with E-state index in [1.54, 1.807) is 83.6 Å². The molecular formula is C84H68N4O. The smallest absolute Gasteiger partial charge is 0.269 e. The molecule has 0 fully saturated rings. The predicted molar refractivity (Wildman–Crippen MR) is 368 cm³/mol. The van der Waals surface area contributed by atoms with Gasteiger partial charge in [-0.3, -0.25) is 13.7 Å². The van der Waals surface area contributed by atoms with E-state index in [4.69, 9.17) is 26.2 Å². The molecule has 4 heterocycles. The highest BCUT2D eigenvalue weighted by molar-refractivity contribution is 6.09. The Balaban J connectivity index is 1.04. The van der Waals surface area contributed by atoms with Crippen LogP contribution in [-0.4, -0.2) is 14.1 Å². The Bertz CT molecular complexity index is 6660. The molecule has 0 atom stereocenters. The average molecular weight is 1180 g/mol. The monoisotopic (exact) mass is 1180 g/mol. The molecule has 89 heavy (non-hydrogen) atoms. The fraction of sp³-hybridized carbons (Fsp3) is 0.143. The molecule has 0 radical (unpaired) electrons. The molecule has 0 amide bonds. The van der Waals surface area contributed by atoms with Gasteiger partial charge in [-0.05, 0) is 196 Å². The number of para-hydroxylation sites is 3. The number of imidazole rings is 1. The lowest BCUT2D eigenvalue weighted by Gasteiger charge is -2.42. The molecule has 2 aliphatic rings. The summed E-state index contributed by atoms with van der Waals surface area (Å²) in [6, 6.07) is 28.8. The summed E-state index contributed by atoms with van der Waals surface area (Å²) in [7, 11) is 0. The van der Waals surface area contributed by atoms with Gasteiger partial charge < -0.3 is 4.74 Å². The minimum atomic E-state index is -4.71. The third-order valence-electron chi connectivity index (χ3n) is 16.4. The summed E-state index contributed by atoms with van der Waals surface area (Å²) in [5, 5.41) is 1.85. The van der Waals surface area contributed by atoms with Gasteiger partial charge in [0.15, 0.2) is 0 Å². The zero-order valence-corrected chi connectivity index (χ0v) is 47.8. The second-order valence-corrected chi connectivity index (χ2v) is 23.0. The standard InChI is InChI=1S/C84H68N4O/c1-82(2,3)61-41-44-85-79(50-61)88-76-33-17-16-29-69(76)70-39-37-64(52-78(70)88)89-63-26-18-25-62(51-63)86-53-87-80-65(57-36-40-74-75(49-57)84(6,7)43-42-83(74,4)5)30-19-31-72(80)73-48-56(35-38-68(73)66-27-14-15-28-67(66)71-32-20-34-77(86)81(71)87)60-46-58(54-21-10-8-11-22-54)45-59(47-60)55-23-12-9-13-24-55/h8-41,44-52H,42-43H2,1-7H3/i4D3,5D3,6D3,7D3,8D,9D,10D,11D,12D,13D,21D,22D,23D,24D,36D,40D,42D2,43D2,45D,46D,47D,49D. The van der Waals surface area contributed by atoms with Gasteiger partial charge in [0, 0.05) is 45.0 Å². The van der Waals surface area contributed by atoms with E-state index in [0.717, 1.165) is 27.4 Å². The number of nitrogens with zero attached hydrogens (tertiary/aromatic N) is 4. The zero-order valence-electron chi connectivity index (χ0n) is 79.8. The number of hydrogen-bond acceptors (Lipinski definition) is 2. The Hall–Kier alpha value is -10.4. The Morgan fingerprint density at radius 1 is 0.494 bits per heavy atom. The van der Waals surface area contributed by atoms with Crippen molar-refractivity contribution >= 4 is 32.8 Å². The summed E-state index contributed by atoms with van der Waals surface area (Å²) >= 11 is 0. The van der Waals surface area contributed by atoms with E-state index < -0.39 is 198 Å². The van der Waals surface area contributed by atoms with Crippen molar-refractivity contribution in [3.63, 3.8) is 0 Å². The van der Waals surface area contributed by atoms with Crippen molar-refractivity contribution in [2.75, 3.05) is 0 Å². The molecule has 0 N–H and O–H groups in total. The van der Waals surface area contributed by atoms with Crippen molar-refractivity contribution in [1.29, 1.82) is 0 Å². The molecule has 1 aliphatic heterocycles. The van der Waals surface area contributed by atoms with Crippen molar-refractivity contribution in [2.24, 2.45) is 0 Å². The first kappa shape index (κ1) is 30.0. The summed E-state index contributed by atoms with van der Waals surface area (Å²) in [6.07, 6.45) is -4.12. The van der Waals surface area contributed by atoms with E-state index in [1.165, 1.54) is 34.9 Å². The van der Waals surface area contributed by atoms with Crippen LogP contribution in [0.1, 0.15) is 121 Å². The van der Waals surface area contributed by atoms with Crippen LogP contribution in [0.25, 0.3) is 128 Å². The van der Waals surface area contributed by atoms with Crippen molar-refractivity contribution in [3.05, 3.63) is 284 Å². The van der Waals surface area contributed by atoms with Gasteiger partial charge in [-0.25, -0.2) is 4.98 Å². The Kier molecular flexibility index (Phi) is 6.96. The first-order valence-corrected chi connectivity index (χ1v) is 28.5. The van der Waals surface area contributed by atoms with Gasteiger partial charge in [0.1, 0.15) is 17.3 Å². The van der Waals surface area contributed by atoms with Gasteiger partial charge in [-0.15, -0.1) is 0 Å². The van der Waals surface area contributed by atoms with Gasteiger partial charge in [0.05, 0.1) is 55.4 Å². The van der Waals surface area contributed by atoms with Gasteiger partial charge in [-0.2, -0.15) is 0 Å². The summed E-state index contributed by atoms with van der Waals surface area (Å²) in [4.78, 5) is 4.85. The lowest BCUT2D eigenvalue weighted by atomic mass is 9.63. The summed E-state index contributed by atoms with van der Waals surface area (Å²) < 4.78 is 311. The van der Waals surface area contributed by atoms with E-state index in [9.17, 15) is 27.4 Å². The second-order valence-electron chi connectivity index (χ2n) is 23.0. The molecule has 16 rings (SSSR count). The van der Waals surface area contributed by atoms with Crippen molar-refractivity contribution < 1.29 is 53.2 Å². The largest absolute Gasteiger partial charge is 0.458 e. The Morgan fingerprint density at radius 2 is 1.11 bits per heavy atom. The lowest BCUT2D eigenvalue weighted by molar-refractivity contribution is -0.570. The van der Waals surface area contributed by atoms with E-state index in [2.05, 4.69) is 31.7 Å². The van der Waals surface area contributed by atoms with Crippen molar-refractivity contribution in [3.8, 4) is 107 Å². The van der Waals surface area contributed by atoms with E-state index in [-0.39, 0.29) is 44.6 Å². The second kappa shape index (κ2) is 20.6. The minimum absolute atomic E-state index is 0.0257.